The molecule has 0 N–H and O–H groups in total. The lowest BCUT2D eigenvalue weighted by molar-refractivity contribution is -0.135. The smallest absolute Gasteiger partial charge is 0.224 e. The molecule has 2 aromatic rings. The Kier molecular flexibility index (Phi) is 5.25. The topological polar surface area (TPSA) is 41.4 Å². The van der Waals surface area contributed by atoms with Gasteiger partial charge in [-0.2, -0.15) is 5.10 Å². The summed E-state index contributed by atoms with van der Waals surface area (Å²) in [4.78, 5) is 17.4. The first-order valence-corrected chi connectivity index (χ1v) is 9.83. The fourth-order valence-electron chi connectivity index (χ4n) is 4.44. The van der Waals surface area contributed by atoms with E-state index in [2.05, 4.69) is 14.9 Å². The lowest BCUT2D eigenvalue weighted by Gasteiger charge is -2.36. The largest absolute Gasteiger partial charge is 0.338 e. The van der Waals surface area contributed by atoms with Gasteiger partial charge in [-0.3, -0.25) is 14.4 Å². The highest BCUT2D eigenvalue weighted by Gasteiger charge is 2.36. The van der Waals surface area contributed by atoms with E-state index in [-0.39, 0.29) is 17.8 Å². The Morgan fingerprint density at radius 3 is 2.70 bits per heavy atom. The molecule has 3 aliphatic rings. The second-order valence-electron chi connectivity index (χ2n) is 7.91. The molecule has 3 saturated heterocycles. The molecule has 2 bridgehead atoms. The van der Waals surface area contributed by atoms with Gasteiger partial charge in [-0.15, -0.1) is 0 Å². The first-order valence-electron chi connectivity index (χ1n) is 9.83. The zero-order valence-electron chi connectivity index (χ0n) is 15.9. The van der Waals surface area contributed by atoms with Gasteiger partial charge < -0.3 is 4.90 Å². The number of hydrogen-bond donors (Lipinski definition) is 0. The average molecular weight is 370 g/mol. The number of fused-ring (bicyclic) bond motifs is 4. The van der Waals surface area contributed by atoms with Crippen molar-refractivity contribution in [3.05, 3.63) is 53.6 Å². The second-order valence-corrected chi connectivity index (χ2v) is 7.91. The molecule has 3 fully saturated rings. The van der Waals surface area contributed by atoms with Gasteiger partial charge in [-0.05, 0) is 49.4 Å². The van der Waals surface area contributed by atoms with Crippen LogP contribution < -0.4 is 0 Å². The zero-order valence-corrected chi connectivity index (χ0v) is 15.9. The van der Waals surface area contributed by atoms with E-state index in [1.165, 1.54) is 18.6 Å². The minimum Gasteiger partial charge on any atom is -0.338 e. The van der Waals surface area contributed by atoms with Crippen molar-refractivity contribution >= 4 is 5.91 Å². The minimum absolute atomic E-state index is 0.195. The van der Waals surface area contributed by atoms with Crippen molar-refractivity contribution in [2.75, 3.05) is 19.6 Å². The van der Waals surface area contributed by atoms with Crippen LogP contribution in [0, 0.1) is 18.7 Å². The summed E-state index contributed by atoms with van der Waals surface area (Å²) in [6.07, 6.45) is 4.55. The van der Waals surface area contributed by atoms with Crippen molar-refractivity contribution in [1.29, 1.82) is 0 Å². The van der Waals surface area contributed by atoms with E-state index in [0.717, 1.165) is 43.9 Å². The number of halogens is 1. The molecular formula is C21H27FN4O. The Morgan fingerprint density at radius 2 is 1.96 bits per heavy atom. The molecule has 1 aromatic heterocycles. The second kappa shape index (κ2) is 7.80. The molecule has 0 radical (unpaired) electrons. The normalized spacial score (nSPS) is 22.8. The Bertz CT molecular complexity index is 788. The Hall–Kier alpha value is -2.21. The molecule has 27 heavy (non-hydrogen) atoms. The lowest BCUT2D eigenvalue weighted by atomic mass is 9.94. The quantitative estimate of drug-likeness (QED) is 0.813. The fourth-order valence-corrected chi connectivity index (χ4v) is 4.44. The summed E-state index contributed by atoms with van der Waals surface area (Å²) in [5, 5.41) is 4.28. The highest BCUT2D eigenvalue weighted by molar-refractivity contribution is 5.76. The van der Waals surface area contributed by atoms with Gasteiger partial charge >= 0.3 is 0 Å². The van der Waals surface area contributed by atoms with E-state index in [0.29, 0.717) is 18.9 Å². The third-order valence-corrected chi connectivity index (χ3v) is 5.90. The summed E-state index contributed by atoms with van der Waals surface area (Å²) in [5.74, 6) is 0.571. The molecular weight excluding hydrogens is 343 g/mol. The highest BCUT2D eigenvalue weighted by Crippen LogP contribution is 2.29. The first-order chi connectivity index (χ1) is 13.1. The van der Waals surface area contributed by atoms with Crippen LogP contribution in [0.2, 0.25) is 0 Å². The molecule has 144 valence electrons. The third-order valence-electron chi connectivity index (χ3n) is 5.90. The van der Waals surface area contributed by atoms with Crippen LogP contribution >= 0.6 is 0 Å². The van der Waals surface area contributed by atoms with Crippen molar-refractivity contribution in [1.82, 2.24) is 19.6 Å². The molecule has 0 spiro atoms. The molecule has 0 unspecified atom stereocenters. The molecule has 4 heterocycles. The molecule has 0 saturated carbocycles. The van der Waals surface area contributed by atoms with Gasteiger partial charge in [0.05, 0.1) is 0 Å². The van der Waals surface area contributed by atoms with Gasteiger partial charge in [0.15, 0.2) is 0 Å². The number of piperidine rings is 1. The van der Waals surface area contributed by atoms with Crippen LogP contribution in [0.5, 0.6) is 0 Å². The van der Waals surface area contributed by atoms with Crippen molar-refractivity contribution in [3.8, 4) is 0 Å². The van der Waals surface area contributed by atoms with Gasteiger partial charge in [-0.1, -0.05) is 12.1 Å². The van der Waals surface area contributed by atoms with E-state index < -0.39 is 0 Å². The Labute approximate surface area is 159 Å². The summed E-state index contributed by atoms with van der Waals surface area (Å²) in [5.41, 5.74) is 2.22. The number of carbonyl (C=O) groups is 1. The number of aromatic nitrogens is 2. The summed E-state index contributed by atoms with van der Waals surface area (Å²) in [6.45, 7) is 6.25. The molecule has 2 atom stereocenters. The maximum atomic E-state index is 13.1. The summed E-state index contributed by atoms with van der Waals surface area (Å²) in [6, 6.07) is 9.01. The third kappa shape index (κ3) is 4.21. The standard InChI is InChI=1S/C21H27FN4O/c1-16-8-10-23-26(16)11-9-21(27)25-14-18-4-7-20(25)15-24(13-18)12-17-2-5-19(22)6-3-17/h2-3,5-6,8,10,18,20H,4,7,9,11-15H2,1H3/t18-,20+/m0/s1. The van der Waals surface area contributed by atoms with Crippen LogP contribution in [0.25, 0.3) is 0 Å². The lowest BCUT2D eigenvalue weighted by Crippen LogP contribution is -2.47. The van der Waals surface area contributed by atoms with Gasteiger partial charge in [0, 0.05) is 57.1 Å². The van der Waals surface area contributed by atoms with Crippen LogP contribution in [0.1, 0.15) is 30.5 Å². The Balaban J connectivity index is 1.38. The molecule has 3 aliphatic heterocycles. The molecule has 0 aliphatic carbocycles. The van der Waals surface area contributed by atoms with Crippen molar-refractivity contribution < 1.29 is 9.18 Å². The van der Waals surface area contributed by atoms with Gasteiger partial charge in [0.1, 0.15) is 5.82 Å². The number of carbonyl (C=O) groups excluding carboxylic acids is 1. The summed E-state index contributed by atoms with van der Waals surface area (Å²) < 4.78 is 15.0. The monoisotopic (exact) mass is 370 g/mol. The van der Waals surface area contributed by atoms with E-state index in [1.54, 1.807) is 6.20 Å². The maximum absolute atomic E-state index is 13.1. The summed E-state index contributed by atoms with van der Waals surface area (Å²) in [7, 11) is 0. The molecule has 1 aromatic carbocycles. The average Bonchev–Trinajstić information content (AvgIpc) is 2.87. The Morgan fingerprint density at radius 1 is 1.15 bits per heavy atom. The van der Waals surface area contributed by atoms with Crippen molar-refractivity contribution in [3.63, 3.8) is 0 Å². The van der Waals surface area contributed by atoms with E-state index in [1.807, 2.05) is 29.8 Å². The van der Waals surface area contributed by atoms with E-state index in [4.69, 9.17) is 0 Å². The maximum Gasteiger partial charge on any atom is 0.224 e. The minimum atomic E-state index is -0.195. The predicted molar refractivity (Wildman–Crippen MR) is 101 cm³/mol. The van der Waals surface area contributed by atoms with Gasteiger partial charge in [0.2, 0.25) is 5.91 Å². The molecule has 1 amide bonds. The number of benzene rings is 1. The van der Waals surface area contributed by atoms with Crippen molar-refractivity contribution in [2.24, 2.45) is 5.92 Å². The fraction of sp³-hybridized carbons (Fsp3) is 0.524. The number of amides is 1. The van der Waals surface area contributed by atoms with Crippen LogP contribution in [0.4, 0.5) is 4.39 Å². The highest BCUT2D eigenvalue weighted by atomic mass is 19.1. The number of aryl methyl sites for hydroxylation is 2. The number of rotatable bonds is 5. The SMILES string of the molecule is Cc1ccnn1CCC(=O)N1C[C@H]2CC[C@@H]1CN(Cc1ccc(F)cc1)C2. The van der Waals surface area contributed by atoms with Gasteiger partial charge in [0.25, 0.3) is 0 Å². The number of hydrogen-bond acceptors (Lipinski definition) is 3. The number of nitrogens with zero attached hydrogens (tertiary/aromatic N) is 4. The van der Waals surface area contributed by atoms with Gasteiger partial charge in [-0.25, -0.2) is 4.39 Å². The van der Waals surface area contributed by atoms with Crippen LogP contribution in [-0.2, 0) is 17.9 Å². The zero-order chi connectivity index (χ0) is 18.8. The first kappa shape index (κ1) is 18.2. The molecule has 5 nitrogen and oxygen atoms in total. The van der Waals surface area contributed by atoms with Crippen LogP contribution in [0.3, 0.4) is 0 Å². The van der Waals surface area contributed by atoms with Crippen LogP contribution in [-0.4, -0.2) is 51.2 Å². The van der Waals surface area contributed by atoms with E-state index >= 15 is 0 Å². The van der Waals surface area contributed by atoms with Crippen LogP contribution in [0.15, 0.2) is 36.5 Å². The van der Waals surface area contributed by atoms with E-state index in [9.17, 15) is 9.18 Å². The predicted octanol–water partition coefficient (Wildman–Crippen LogP) is 2.84. The molecule has 5 rings (SSSR count). The summed E-state index contributed by atoms with van der Waals surface area (Å²) >= 11 is 0. The molecule has 6 heteroatoms. The van der Waals surface area contributed by atoms with Crippen molar-refractivity contribution in [2.45, 2.75) is 45.3 Å².